The summed E-state index contributed by atoms with van der Waals surface area (Å²) in [5, 5.41) is 2.57. The van der Waals surface area contributed by atoms with Crippen LogP contribution in [0.3, 0.4) is 0 Å². The maximum atomic E-state index is 13.3. The minimum absolute atomic E-state index is 0.236. The first-order chi connectivity index (χ1) is 13.8. The zero-order chi connectivity index (χ0) is 21.1. The van der Waals surface area contributed by atoms with Gasteiger partial charge in [0.05, 0.1) is 19.2 Å². The van der Waals surface area contributed by atoms with Crippen molar-refractivity contribution in [3.8, 4) is 5.75 Å². The number of anilines is 2. The van der Waals surface area contributed by atoms with Crippen LogP contribution in [0.5, 0.6) is 5.75 Å². The van der Waals surface area contributed by atoms with Crippen molar-refractivity contribution < 1.29 is 23.5 Å². The van der Waals surface area contributed by atoms with E-state index in [9.17, 15) is 18.8 Å². The van der Waals surface area contributed by atoms with Crippen LogP contribution in [0, 0.1) is 5.82 Å². The molecule has 1 aliphatic heterocycles. The molecule has 0 saturated carbocycles. The molecule has 3 rings (SSSR count). The smallest absolute Gasteiger partial charge is 0.332 e. The highest BCUT2D eigenvalue weighted by atomic mass is 19.1. The van der Waals surface area contributed by atoms with E-state index in [0.717, 1.165) is 4.90 Å². The van der Waals surface area contributed by atoms with Gasteiger partial charge in [-0.2, -0.15) is 0 Å². The van der Waals surface area contributed by atoms with Crippen molar-refractivity contribution in [3.63, 3.8) is 0 Å². The fourth-order valence-corrected chi connectivity index (χ4v) is 3.32. The van der Waals surface area contributed by atoms with E-state index in [2.05, 4.69) is 5.32 Å². The highest BCUT2D eigenvalue weighted by molar-refractivity contribution is 6.22. The van der Waals surface area contributed by atoms with Crippen LogP contribution in [0.4, 0.5) is 20.6 Å². The summed E-state index contributed by atoms with van der Waals surface area (Å²) in [5.74, 6) is -0.958. The average molecular weight is 399 g/mol. The Bertz CT molecular complexity index is 947. The van der Waals surface area contributed by atoms with Crippen molar-refractivity contribution in [3.05, 3.63) is 54.3 Å². The van der Waals surface area contributed by atoms with Gasteiger partial charge in [-0.1, -0.05) is 12.1 Å². The van der Waals surface area contributed by atoms with Crippen LogP contribution in [-0.2, 0) is 9.59 Å². The molecule has 4 amide bonds. The van der Waals surface area contributed by atoms with Crippen LogP contribution in [0.25, 0.3) is 0 Å². The summed E-state index contributed by atoms with van der Waals surface area (Å²) in [5.41, 5.74) is 0.658. The number of carbonyl (C=O) groups excluding carboxylic acids is 3. The highest BCUT2D eigenvalue weighted by Gasteiger charge is 2.47. The molecule has 0 aromatic heterocycles. The Morgan fingerprint density at radius 3 is 2.55 bits per heavy atom. The van der Waals surface area contributed by atoms with Gasteiger partial charge in [-0.3, -0.25) is 9.59 Å². The predicted molar refractivity (Wildman–Crippen MR) is 106 cm³/mol. The van der Waals surface area contributed by atoms with E-state index in [1.807, 2.05) is 0 Å². The molecule has 1 saturated heterocycles. The highest BCUT2D eigenvalue weighted by Crippen LogP contribution is 2.30. The van der Waals surface area contributed by atoms with Crippen molar-refractivity contribution in [2.75, 3.05) is 17.3 Å². The summed E-state index contributed by atoms with van der Waals surface area (Å²) in [4.78, 5) is 40.9. The number of ether oxygens (including phenoxy) is 1. The molecule has 2 aromatic carbocycles. The molecule has 0 unspecified atom stereocenters. The van der Waals surface area contributed by atoms with Crippen molar-refractivity contribution in [1.29, 1.82) is 0 Å². The third kappa shape index (κ3) is 4.21. The molecule has 8 heteroatoms. The molecule has 0 radical (unpaired) electrons. The Morgan fingerprint density at radius 2 is 1.90 bits per heavy atom. The van der Waals surface area contributed by atoms with Crippen LogP contribution < -0.4 is 15.0 Å². The number of carbonyl (C=O) groups is 3. The third-order valence-electron chi connectivity index (χ3n) is 4.61. The second-order valence-corrected chi connectivity index (χ2v) is 6.94. The first kappa shape index (κ1) is 20.3. The Morgan fingerprint density at radius 1 is 1.17 bits per heavy atom. The van der Waals surface area contributed by atoms with Gasteiger partial charge in [0.2, 0.25) is 5.91 Å². The van der Waals surface area contributed by atoms with E-state index >= 15 is 0 Å². The summed E-state index contributed by atoms with van der Waals surface area (Å²) in [7, 11) is 1.49. The van der Waals surface area contributed by atoms with E-state index < -0.39 is 29.7 Å². The fourth-order valence-electron chi connectivity index (χ4n) is 3.32. The molecule has 1 aliphatic rings. The number of nitrogens with zero attached hydrogens (tertiary/aromatic N) is 2. The van der Waals surface area contributed by atoms with Crippen molar-refractivity contribution in [2.24, 2.45) is 0 Å². The molecule has 152 valence electrons. The molecule has 7 nitrogen and oxygen atoms in total. The Hall–Kier alpha value is -3.42. The lowest BCUT2D eigenvalue weighted by Gasteiger charge is -2.25. The number of benzene rings is 2. The van der Waals surface area contributed by atoms with E-state index in [-0.39, 0.29) is 18.2 Å². The average Bonchev–Trinajstić information content (AvgIpc) is 2.91. The molecule has 1 atom stereocenters. The number of nitrogens with one attached hydrogen (secondary N) is 1. The van der Waals surface area contributed by atoms with E-state index in [0.29, 0.717) is 11.4 Å². The predicted octanol–water partition coefficient (Wildman–Crippen LogP) is 3.41. The van der Waals surface area contributed by atoms with Gasteiger partial charge in [0, 0.05) is 17.8 Å². The standard InChI is InChI=1S/C21H22FN3O4/c1-13(2)24-18(12-19(26)23-15-7-4-6-14(22)10-15)20(27)25(21(24)28)16-8-5-9-17(11-16)29-3/h4-11,13,18H,12H2,1-3H3,(H,23,26)/t18-/m0/s1. The van der Waals surface area contributed by atoms with Crippen LogP contribution in [-0.4, -0.2) is 41.9 Å². The molecule has 1 N–H and O–H groups in total. The van der Waals surface area contributed by atoms with Gasteiger partial charge in [0.15, 0.2) is 0 Å². The topological polar surface area (TPSA) is 79.0 Å². The lowest BCUT2D eigenvalue weighted by atomic mass is 10.1. The van der Waals surface area contributed by atoms with Crippen molar-refractivity contribution in [2.45, 2.75) is 32.4 Å². The molecular weight excluding hydrogens is 377 g/mol. The normalized spacial score (nSPS) is 16.5. The molecule has 1 fully saturated rings. The second kappa shape index (κ2) is 8.30. The summed E-state index contributed by atoms with van der Waals surface area (Å²) in [6, 6.07) is 10.3. The molecule has 0 spiro atoms. The van der Waals surface area contributed by atoms with Crippen LogP contribution in [0.1, 0.15) is 20.3 Å². The largest absolute Gasteiger partial charge is 0.497 e. The van der Waals surface area contributed by atoms with Gasteiger partial charge in [-0.05, 0) is 44.2 Å². The first-order valence-electron chi connectivity index (χ1n) is 9.17. The third-order valence-corrected chi connectivity index (χ3v) is 4.61. The van der Waals surface area contributed by atoms with Gasteiger partial charge in [-0.25, -0.2) is 14.1 Å². The van der Waals surface area contributed by atoms with Crippen LogP contribution in [0.15, 0.2) is 48.5 Å². The number of hydrogen-bond donors (Lipinski definition) is 1. The van der Waals surface area contributed by atoms with Gasteiger partial charge in [0.1, 0.15) is 17.6 Å². The quantitative estimate of drug-likeness (QED) is 0.755. The van der Waals surface area contributed by atoms with E-state index in [4.69, 9.17) is 4.74 Å². The van der Waals surface area contributed by atoms with Crippen molar-refractivity contribution in [1.82, 2.24) is 4.90 Å². The number of methoxy groups -OCH3 is 1. The molecule has 0 bridgehead atoms. The Labute approximate surface area is 168 Å². The number of rotatable bonds is 6. The van der Waals surface area contributed by atoms with Gasteiger partial charge >= 0.3 is 6.03 Å². The summed E-state index contributed by atoms with van der Waals surface area (Å²) < 4.78 is 18.5. The Balaban J connectivity index is 1.83. The lowest BCUT2D eigenvalue weighted by molar-refractivity contribution is -0.124. The van der Waals surface area contributed by atoms with Gasteiger partial charge < -0.3 is 15.0 Å². The maximum absolute atomic E-state index is 13.3. The van der Waals surface area contributed by atoms with E-state index in [1.165, 1.54) is 30.2 Å². The Kier molecular flexibility index (Phi) is 5.81. The number of amides is 4. The fraction of sp³-hybridized carbons (Fsp3) is 0.286. The molecule has 29 heavy (non-hydrogen) atoms. The zero-order valence-corrected chi connectivity index (χ0v) is 16.4. The minimum Gasteiger partial charge on any atom is -0.497 e. The lowest BCUT2D eigenvalue weighted by Crippen LogP contribution is -2.42. The summed E-state index contributed by atoms with van der Waals surface area (Å²) in [6.45, 7) is 3.55. The number of urea groups is 1. The summed E-state index contributed by atoms with van der Waals surface area (Å²) in [6.07, 6.45) is -0.236. The zero-order valence-electron chi connectivity index (χ0n) is 16.4. The van der Waals surface area contributed by atoms with Gasteiger partial charge in [0.25, 0.3) is 5.91 Å². The molecular formula is C21H22FN3O4. The van der Waals surface area contributed by atoms with Crippen molar-refractivity contribution >= 4 is 29.2 Å². The minimum atomic E-state index is -0.956. The second-order valence-electron chi connectivity index (χ2n) is 6.94. The number of hydrogen-bond acceptors (Lipinski definition) is 4. The number of halogens is 1. The van der Waals surface area contributed by atoms with Crippen LogP contribution >= 0.6 is 0 Å². The van der Waals surface area contributed by atoms with Gasteiger partial charge in [-0.15, -0.1) is 0 Å². The number of imide groups is 1. The monoisotopic (exact) mass is 399 g/mol. The SMILES string of the molecule is COc1cccc(N2C(=O)[C@H](CC(=O)Nc3cccc(F)c3)N(C(C)C)C2=O)c1. The maximum Gasteiger partial charge on any atom is 0.332 e. The molecule has 0 aliphatic carbocycles. The molecule has 2 aromatic rings. The van der Waals surface area contributed by atoms with Crippen LogP contribution in [0.2, 0.25) is 0 Å². The molecule has 1 heterocycles. The first-order valence-corrected chi connectivity index (χ1v) is 9.17. The van der Waals surface area contributed by atoms with E-state index in [1.54, 1.807) is 44.2 Å². The summed E-state index contributed by atoms with van der Waals surface area (Å²) >= 11 is 0.